The van der Waals surface area contributed by atoms with Gasteiger partial charge in [0.25, 0.3) is 0 Å². The summed E-state index contributed by atoms with van der Waals surface area (Å²) in [6.45, 7) is 2.10. The van der Waals surface area contributed by atoms with Crippen molar-refractivity contribution >= 4 is 51.5 Å². The summed E-state index contributed by atoms with van der Waals surface area (Å²) >= 11 is 1.78. The molecule has 2 aromatic heterocycles. The van der Waals surface area contributed by atoms with E-state index in [1.807, 2.05) is 17.8 Å². The number of thiazole rings is 1. The molecule has 0 spiro atoms. The van der Waals surface area contributed by atoms with Crippen LogP contribution in [0.25, 0.3) is 10.2 Å². The molecule has 0 saturated carbocycles. The van der Waals surface area contributed by atoms with E-state index in [0.717, 1.165) is 61.9 Å². The molecule has 0 radical (unpaired) electrons. The monoisotopic (exact) mass is 541 g/mol. The highest BCUT2D eigenvalue weighted by molar-refractivity contribution is 14.0. The Balaban J connectivity index is 0.00000256. The Labute approximate surface area is 197 Å². The van der Waals surface area contributed by atoms with Crippen LogP contribution < -0.4 is 10.6 Å². The highest BCUT2D eigenvalue weighted by Crippen LogP contribution is 2.22. The third kappa shape index (κ3) is 5.67. The molecule has 30 heavy (non-hydrogen) atoms. The Bertz CT molecular complexity index is 954. The number of fused-ring (bicyclic) bond motifs is 2. The average molecular weight is 541 g/mol. The molecule has 1 unspecified atom stereocenters. The maximum absolute atomic E-state index is 5.13. The highest BCUT2D eigenvalue weighted by atomic mass is 127. The summed E-state index contributed by atoms with van der Waals surface area (Å²) in [6, 6.07) is 8.59. The van der Waals surface area contributed by atoms with Crippen LogP contribution in [0.15, 0.2) is 29.3 Å². The number of ether oxygens (including phenoxy) is 1. The van der Waals surface area contributed by atoms with Crippen LogP contribution in [0, 0.1) is 0 Å². The van der Waals surface area contributed by atoms with Gasteiger partial charge < -0.3 is 15.4 Å². The molecule has 162 valence electrons. The lowest BCUT2D eigenvalue weighted by atomic mass is 10.1. The van der Waals surface area contributed by atoms with Crippen LogP contribution in [0.4, 0.5) is 0 Å². The minimum absolute atomic E-state index is 0. The SMILES string of the molecule is CN=C(NCCCc1nc2ccccc2s1)NC1CCc2nc(COC)nn2C1.I. The van der Waals surface area contributed by atoms with Crippen molar-refractivity contribution < 1.29 is 4.74 Å². The maximum atomic E-state index is 5.13. The predicted octanol–water partition coefficient (Wildman–Crippen LogP) is 2.76. The lowest BCUT2D eigenvalue weighted by molar-refractivity contribution is 0.177. The number of aryl methyl sites for hydroxylation is 2. The average Bonchev–Trinajstić information content (AvgIpc) is 3.33. The van der Waals surface area contributed by atoms with Crippen LogP contribution in [0.2, 0.25) is 0 Å². The number of hydrogen-bond acceptors (Lipinski definition) is 6. The van der Waals surface area contributed by atoms with Gasteiger partial charge in [0.05, 0.1) is 21.8 Å². The van der Waals surface area contributed by atoms with Crippen molar-refractivity contribution in [1.29, 1.82) is 0 Å². The number of methoxy groups -OCH3 is 1. The number of hydrogen-bond donors (Lipinski definition) is 2. The first-order valence-electron chi connectivity index (χ1n) is 9.98. The molecule has 1 aliphatic rings. The second-order valence-corrected chi connectivity index (χ2v) is 8.23. The van der Waals surface area contributed by atoms with Gasteiger partial charge in [-0.15, -0.1) is 35.3 Å². The first kappa shape index (κ1) is 22.9. The second kappa shape index (κ2) is 11.0. The van der Waals surface area contributed by atoms with Crippen LogP contribution in [0.1, 0.15) is 29.5 Å². The molecular weight excluding hydrogens is 513 g/mol. The van der Waals surface area contributed by atoms with E-state index < -0.39 is 0 Å². The molecule has 2 N–H and O–H groups in total. The molecule has 0 aliphatic carbocycles. The molecule has 0 bridgehead atoms. The van der Waals surface area contributed by atoms with E-state index in [-0.39, 0.29) is 30.0 Å². The van der Waals surface area contributed by atoms with Gasteiger partial charge in [0.2, 0.25) is 0 Å². The van der Waals surface area contributed by atoms with Crippen molar-refractivity contribution in [3.8, 4) is 0 Å². The summed E-state index contributed by atoms with van der Waals surface area (Å²) in [5.74, 6) is 2.62. The molecule has 1 atom stereocenters. The summed E-state index contributed by atoms with van der Waals surface area (Å²) in [6.07, 6.45) is 3.90. The number of aromatic nitrogens is 4. The van der Waals surface area contributed by atoms with Gasteiger partial charge in [0.1, 0.15) is 12.4 Å². The van der Waals surface area contributed by atoms with Gasteiger partial charge in [0, 0.05) is 39.6 Å². The van der Waals surface area contributed by atoms with Gasteiger partial charge in [0.15, 0.2) is 11.8 Å². The van der Waals surface area contributed by atoms with E-state index in [2.05, 4.69) is 43.9 Å². The number of benzene rings is 1. The van der Waals surface area contributed by atoms with E-state index in [4.69, 9.17) is 9.72 Å². The Kier molecular flexibility index (Phi) is 8.40. The Hall–Kier alpha value is -1.79. The molecule has 3 aromatic rings. The van der Waals surface area contributed by atoms with Gasteiger partial charge in [-0.2, -0.15) is 5.10 Å². The minimum atomic E-state index is 0. The third-order valence-electron chi connectivity index (χ3n) is 4.94. The van der Waals surface area contributed by atoms with E-state index in [0.29, 0.717) is 6.61 Å². The summed E-state index contributed by atoms with van der Waals surface area (Å²) in [5.41, 5.74) is 1.09. The van der Waals surface area contributed by atoms with Crippen molar-refractivity contribution in [2.24, 2.45) is 4.99 Å². The van der Waals surface area contributed by atoms with E-state index in [1.165, 1.54) is 9.71 Å². The number of nitrogens with zero attached hydrogens (tertiary/aromatic N) is 5. The molecule has 3 heterocycles. The minimum Gasteiger partial charge on any atom is -0.377 e. The van der Waals surface area contributed by atoms with Crippen LogP contribution in [-0.2, 0) is 30.7 Å². The van der Waals surface area contributed by atoms with Gasteiger partial charge >= 0.3 is 0 Å². The summed E-state index contributed by atoms with van der Waals surface area (Å²) in [7, 11) is 3.47. The molecular formula is C20H28IN7OS. The standard InChI is InChI=1S/C20H27N7OS.HI/c1-21-20(22-11-5-8-19-24-15-6-3-4-7-16(15)29-19)23-14-9-10-18-25-17(13-28-2)26-27(18)12-14;/h3-4,6-7,14H,5,8-13H2,1-2H3,(H2,21,22,23);1H. The molecule has 0 saturated heterocycles. The van der Waals surface area contributed by atoms with E-state index in [1.54, 1.807) is 18.4 Å². The fraction of sp³-hybridized carbons (Fsp3) is 0.500. The fourth-order valence-electron chi connectivity index (χ4n) is 3.53. The summed E-state index contributed by atoms with van der Waals surface area (Å²) in [4.78, 5) is 13.6. The summed E-state index contributed by atoms with van der Waals surface area (Å²) in [5, 5.41) is 12.6. The molecule has 1 aromatic carbocycles. The zero-order valence-electron chi connectivity index (χ0n) is 17.3. The topological polar surface area (TPSA) is 89.2 Å². The third-order valence-corrected chi connectivity index (χ3v) is 6.03. The lowest BCUT2D eigenvalue weighted by Gasteiger charge is -2.25. The Morgan fingerprint density at radius 1 is 1.33 bits per heavy atom. The number of guanidine groups is 1. The van der Waals surface area contributed by atoms with Crippen molar-refractivity contribution in [1.82, 2.24) is 30.4 Å². The largest absolute Gasteiger partial charge is 0.377 e. The van der Waals surface area contributed by atoms with Gasteiger partial charge in [-0.3, -0.25) is 4.99 Å². The number of nitrogens with one attached hydrogen (secondary N) is 2. The first-order chi connectivity index (χ1) is 14.2. The zero-order chi connectivity index (χ0) is 20.1. The normalized spacial score (nSPS) is 16.2. The van der Waals surface area contributed by atoms with Gasteiger partial charge in [-0.25, -0.2) is 14.6 Å². The smallest absolute Gasteiger partial charge is 0.191 e. The van der Waals surface area contributed by atoms with Crippen LogP contribution in [0.5, 0.6) is 0 Å². The molecule has 8 nitrogen and oxygen atoms in total. The molecule has 0 amide bonds. The van der Waals surface area contributed by atoms with Crippen molar-refractivity contribution in [3.63, 3.8) is 0 Å². The van der Waals surface area contributed by atoms with Crippen LogP contribution in [-0.4, -0.2) is 52.5 Å². The van der Waals surface area contributed by atoms with Crippen molar-refractivity contribution in [2.75, 3.05) is 20.7 Å². The molecule has 4 rings (SSSR count). The van der Waals surface area contributed by atoms with Crippen molar-refractivity contribution in [2.45, 2.75) is 44.9 Å². The lowest BCUT2D eigenvalue weighted by Crippen LogP contribution is -2.47. The second-order valence-electron chi connectivity index (χ2n) is 7.12. The number of halogens is 1. The van der Waals surface area contributed by atoms with Gasteiger partial charge in [-0.1, -0.05) is 12.1 Å². The Morgan fingerprint density at radius 2 is 2.20 bits per heavy atom. The molecule has 1 aliphatic heterocycles. The van der Waals surface area contributed by atoms with E-state index in [9.17, 15) is 0 Å². The van der Waals surface area contributed by atoms with E-state index >= 15 is 0 Å². The fourth-order valence-corrected chi connectivity index (χ4v) is 4.54. The number of para-hydroxylation sites is 1. The van der Waals surface area contributed by atoms with Gasteiger partial charge in [-0.05, 0) is 25.0 Å². The number of aliphatic imine (C=N–C) groups is 1. The quantitative estimate of drug-likeness (QED) is 0.207. The highest BCUT2D eigenvalue weighted by Gasteiger charge is 2.22. The summed E-state index contributed by atoms with van der Waals surface area (Å²) < 4.78 is 8.37. The van der Waals surface area contributed by atoms with Crippen LogP contribution >= 0.6 is 35.3 Å². The van der Waals surface area contributed by atoms with Crippen molar-refractivity contribution in [3.05, 3.63) is 40.9 Å². The first-order valence-corrected chi connectivity index (χ1v) is 10.8. The number of rotatable bonds is 7. The molecule has 10 heteroatoms. The van der Waals surface area contributed by atoms with Crippen LogP contribution in [0.3, 0.4) is 0 Å². The zero-order valence-corrected chi connectivity index (χ0v) is 20.4. The predicted molar refractivity (Wildman–Crippen MR) is 131 cm³/mol. The maximum Gasteiger partial charge on any atom is 0.191 e. The Morgan fingerprint density at radius 3 is 3.00 bits per heavy atom. The molecule has 0 fully saturated rings.